The second-order valence-corrected chi connectivity index (χ2v) is 11.2. The van der Waals surface area contributed by atoms with Gasteiger partial charge in [-0.1, -0.05) is 72.3 Å². The number of ether oxygens (including phenoxy) is 2. The summed E-state index contributed by atoms with van der Waals surface area (Å²) >= 11 is 6.38. The molecule has 0 bridgehead atoms. The van der Waals surface area contributed by atoms with E-state index in [-0.39, 0.29) is 17.3 Å². The molecule has 0 amide bonds. The fourth-order valence-electron chi connectivity index (χ4n) is 7.10. The Morgan fingerprint density at radius 3 is 2.17 bits per heavy atom. The van der Waals surface area contributed by atoms with Crippen molar-refractivity contribution >= 4 is 40.7 Å². The van der Waals surface area contributed by atoms with Crippen molar-refractivity contribution in [3.63, 3.8) is 0 Å². The average molecular weight is 576 g/mol. The quantitative estimate of drug-likeness (QED) is 0.195. The molecular weight excluding hydrogens is 550 g/mol. The molecule has 1 spiro atoms. The van der Waals surface area contributed by atoms with Crippen LogP contribution in [0.4, 0.5) is 5.69 Å². The van der Waals surface area contributed by atoms with E-state index in [4.69, 9.17) is 21.1 Å². The Morgan fingerprint density at radius 2 is 1.48 bits per heavy atom. The third kappa shape index (κ3) is 3.55. The van der Waals surface area contributed by atoms with Crippen LogP contribution in [0.5, 0.6) is 11.5 Å². The molecule has 0 radical (unpaired) electrons. The number of benzene rings is 4. The van der Waals surface area contributed by atoms with E-state index in [0.29, 0.717) is 38.8 Å². The zero-order valence-electron chi connectivity index (χ0n) is 22.9. The minimum Gasteiger partial charge on any atom is -0.497 e. The van der Waals surface area contributed by atoms with Crippen molar-refractivity contribution in [1.82, 2.24) is 0 Å². The number of carbonyl (C=O) groups is 3. The van der Waals surface area contributed by atoms with Crippen LogP contribution < -0.4 is 14.4 Å². The number of methoxy groups -OCH3 is 2. The first kappa shape index (κ1) is 26.2. The molecule has 0 N–H and O–H groups in total. The molecule has 2 aliphatic heterocycles. The topological polar surface area (TPSA) is 72.9 Å². The summed E-state index contributed by atoms with van der Waals surface area (Å²) in [6.07, 6.45) is 3.78. The Hall–Kier alpha value is -4.68. The third-order valence-corrected chi connectivity index (χ3v) is 9.08. The van der Waals surface area contributed by atoms with Gasteiger partial charge < -0.3 is 14.4 Å². The SMILES string of the molecule is COc1cccc(C(=O)[C@H]2[C@@H](c3cccc(OC)c3)C3(C(=O)c4ccccc4C3=O)[C@H]3C=Cc4cc(Cl)ccc4N23)c1. The first-order valence-corrected chi connectivity index (χ1v) is 14.0. The van der Waals surface area contributed by atoms with Gasteiger partial charge in [-0.05, 0) is 53.6 Å². The Bertz CT molecular complexity index is 1790. The monoisotopic (exact) mass is 575 g/mol. The lowest BCUT2D eigenvalue weighted by Crippen LogP contribution is -2.48. The second kappa shape index (κ2) is 9.71. The standard InChI is InChI=1S/C35H26ClNO5/c1-41-24-9-5-7-21(18-24)30-31(32(38)22-8-6-10-25(19-22)42-2)37-28-15-14-23(36)17-20(28)13-16-29(37)35(30)33(39)26-11-3-4-12-27(26)34(35)40/h3-19,29-31H,1-2H3/t29-,30-,31-/m1/s1. The molecule has 4 aromatic carbocycles. The van der Waals surface area contributed by atoms with Crippen molar-refractivity contribution in [1.29, 1.82) is 0 Å². The number of fused-ring (bicyclic) bond motifs is 5. The molecule has 42 heavy (non-hydrogen) atoms. The van der Waals surface area contributed by atoms with E-state index in [1.165, 1.54) is 0 Å². The molecule has 7 rings (SSSR count). The molecule has 208 valence electrons. The lowest BCUT2D eigenvalue weighted by Gasteiger charge is -2.37. The summed E-state index contributed by atoms with van der Waals surface area (Å²) in [6, 6.07) is 25.1. The molecule has 7 heteroatoms. The maximum atomic E-state index is 14.8. The number of Topliss-reactive ketones (excluding diaryl/α,β-unsaturated/α-hetero) is 3. The Labute approximate surface area is 248 Å². The van der Waals surface area contributed by atoms with Crippen molar-refractivity contribution < 1.29 is 23.9 Å². The van der Waals surface area contributed by atoms with Gasteiger partial charge in [-0.25, -0.2) is 0 Å². The number of nitrogens with zero attached hydrogens (tertiary/aromatic N) is 1. The number of halogens is 1. The number of hydrogen-bond acceptors (Lipinski definition) is 6. The highest BCUT2D eigenvalue weighted by Gasteiger charge is 2.71. The van der Waals surface area contributed by atoms with E-state index in [1.54, 1.807) is 68.8 Å². The van der Waals surface area contributed by atoms with Gasteiger partial charge in [-0.3, -0.25) is 14.4 Å². The zero-order valence-corrected chi connectivity index (χ0v) is 23.7. The number of hydrogen-bond donors (Lipinski definition) is 0. The van der Waals surface area contributed by atoms with E-state index in [0.717, 1.165) is 11.3 Å². The Kier molecular flexibility index (Phi) is 6.06. The van der Waals surface area contributed by atoms with Crippen molar-refractivity contribution in [3.8, 4) is 11.5 Å². The number of anilines is 1. The molecule has 6 nitrogen and oxygen atoms in total. The van der Waals surface area contributed by atoms with Crippen LogP contribution in [0.1, 0.15) is 48.1 Å². The highest BCUT2D eigenvalue weighted by atomic mass is 35.5. The van der Waals surface area contributed by atoms with Gasteiger partial charge in [0.05, 0.1) is 20.3 Å². The lowest BCUT2D eigenvalue weighted by atomic mass is 9.64. The highest BCUT2D eigenvalue weighted by Crippen LogP contribution is 2.61. The van der Waals surface area contributed by atoms with E-state index in [1.807, 2.05) is 53.5 Å². The predicted molar refractivity (Wildman–Crippen MR) is 161 cm³/mol. The summed E-state index contributed by atoms with van der Waals surface area (Å²) in [5.74, 6) is -0.526. The van der Waals surface area contributed by atoms with E-state index in [9.17, 15) is 14.4 Å². The van der Waals surface area contributed by atoms with Crippen molar-refractivity contribution in [2.24, 2.45) is 5.41 Å². The molecule has 3 aliphatic rings. The van der Waals surface area contributed by atoms with Crippen LogP contribution in [0.3, 0.4) is 0 Å². The van der Waals surface area contributed by atoms with Crippen LogP contribution in [-0.2, 0) is 0 Å². The molecule has 1 fully saturated rings. The number of ketones is 3. The van der Waals surface area contributed by atoms with Crippen LogP contribution in [-0.4, -0.2) is 43.7 Å². The summed E-state index contributed by atoms with van der Waals surface area (Å²) in [4.78, 5) is 46.2. The van der Waals surface area contributed by atoms with Gasteiger partial charge in [-0.2, -0.15) is 0 Å². The zero-order chi connectivity index (χ0) is 29.2. The van der Waals surface area contributed by atoms with Gasteiger partial charge >= 0.3 is 0 Å². The van der Waals surface area contributed by atoms with Gasteiger partial charge in [0.1, 0.15) is 23.0 Å². The molecule has 4 aromatic rings. The van der Waals surface area contributed by atoms with Crippen molar-refractivity contribution in [2.45, 2.75) is 18.0 Å². The lowest BCUT2D eigenvalue weighted by molar-refractivity contribution is 0.0665. The summed E-state index contributed by atoms with van der Waals surface area (Å²) in [6.45, 7) is 0. The molecular formula is C35H26ClNO5. The van der Waals surface area contributed by atoms with Crippen LogP contribution in [0, 0.1) is 5.41 Å². The first-order valence-electron chi connectivity index (χ1n) is 13.7. The van der Waals surface area contributed by atoms with E-state index >= 15 is 0 Å². The molecule has 1 aliphatic carbocycles. The largest absolute Gasteiger partial charge is 0.497 e. The molecule has 0 unspecified atom stereocenters. The van der Waals surface area contributed by atoms with Crippen LogP contribution in [0.2, 0.25) is 5.02 Å². The number of carbonyl (C=O) groups excluding carboxylic acids is 3. The maximum Gasteiger partial charge on any atom is 0.186 e. The first-order chi connectivity index (χ1) is 20.4. The maximum absolute atomic E-state index is 14.8. The van der Waals surface area contributed by atoms with Crippen LogP contribution >= 0.6 is 11.6 Å². The molecule has 0 saturated carbocycles. The van der Waals surface area contributed by atoms with Gasteiger partial charge in [0, 0.05) is 33.3 Å². The van der Waals surface area contributed by atoms with Crippen LogP contribution in [0.25, 0.3) is 6.08 Å². The fraction of sp³-hybridized carbons (Fsp3) is 0.171. The Balaban J connectivity index is 1.55. The smallest absolute Gasteiger partial charge is 0.186 e. The molecule has 3 atom stereocenters. The van der Waals surface area contributed by atoms with Crippen molar-refractivity contribution in [3.05, 3.63) is 130 Å². The average Bonchev–Trinajstić information content (AvgIpc) is 3.46. The highest BCUT2D eigenvalue weighted by molar-refractivity contribution is 6.32. The van der Waals surface area contributed by atoms with Crippen molar-refractivity contribution in [2.75, 3.05) is 19.1 Å². The number of rotatable bonds is 5. The van der Waals surface area contributed by atoms with Gasteiger partial charge in [0.25, 0.3) is 0 Å². The summed E-state index contributed by atoms with van der Waals surface area (Å²) in [7, 11) is 3.11. The molecule has 2 heterocycles. The van der Waals surface area contributed by atoms with Gasteiger partial charge in [0.2, 0.25) is 0 Å². The van der Waals surface area contributed by atoms with E-state index in [2.05, 4.69) is 0 Å². The molecule has 0 aromatic heterocycles. The van der Waals surface area contributed by atoms with Crippen LogP contribution in [0.15, 0.2) is 97.1 Å². The van der Waals surface area contributed by atoms with E-state index < -0.39 is 23.4 Å². The second-order valence-electron chi connectivity index (χ2n) is 10.8. The summed E-state index contributed by atoms with van der Waals surface area (Å²) < 4.78 is 11.0. The fourth-order valence-corrected chi connectivity index (χ4v) is 7.28. The molecule has 1 saturated heterocycles. The summed E-state index contributed by atoms with van der Waals surface area (Å²) in [5.41, 5.74) is 1.78. The van der Waals surface area contributed by atoms with Gasteiger partial charge in [0.15, 0.2) is 17.3 Å². The third-order valence-electron chi connectivity index (χ3n) is 8.84. The summed E-state index contributed by atoms with van der Waals surface area (Å²) in [5, 5.41) is 0.547. The normalized spacial score (nSPS) is 21.2. The predicted octanol–water partition coefficient (Wildman–Crippen LogP) is 6.67. The Morgan fingerprint density at radius 1 is 0.810 bits per heavy atom. The minimum atomic E-state index is -1.59. The van der Waals surface area contributed by atoms with Gasteiger partial charge in [-0.15, -0.1) is 0 Å². The minimum absolute atomic E-state index is 0.226.